The van der Waals surface area contributed by atoms with Crippen molar-refractivity contribution in [3.05, 3.63) is 0 Å². The summed E-state index contributed by atoms with van der Waals surface area (Å²) in [7, 11) is 0. The molecule has 68 heteroatoms. The first-order valence-electron chi connectivity index (χ1n) is 0. The molecule has 0 heterocycles. The van der Waals surface area contributed by atoms with Crippen molar-refractivity contribution in [2.45, 2.75) is 0 Å². The van der Waals surface area contributed by atoms with Gasteiger partial charge in [0.05, 0.1) is 0 Å². The van der Waals surface area contributed by atoms with Crippen LogP contribution in [0.15, 0.2) is 0 Å². The van der Waals surface area contributed by atoms with Crippen LogP contribution < -0.4 is 0 Å². The first-order valence-corrected chi connectivity index (χ1v) is 0. The van der Waals surface area contributed by atoms with Gasteiger partial charge in [0.15, 0.2) is 0 Å². The summed E-state index contributed by atoms with van der Waals surface area (Å²) in [6.07, 6.45) is 0. The summed E-state index contributed by atoms with van der Waals surface area (Å²) in [6, 6.07) is 0. The third-order valence-electron chi connectivity index (χ3n) is 0. The largest absolute Gasteiger partial charge is 0 e. The van der Waals surface area contributed by atoms with Crippen LogP contribution in [0, 0.1) is 2630 Å². The summed E-state index contributed by atoms with van der Waals surface area (Å²) in [4.78, 5) is 0. The fourth-order valence-corrected chi connectivity index (χ4v) is 0. The summed E-state index contributed by atoms with van der Waals surface area (Å²) in [5, 5.41) is 0. The number of hydrogen-bond donors (Lipinski definition) is 0. The van der Waals surface area contributed by atoms with E-state index in [4.69, 9.17) is 0 Å². The van der Waals surface area contributed by atoms with E-state index in [1.54, 1.807) is 0 Å². The molecule has 0 rings (SSSR count). The van der Waals surface area contributed by atoms with Gasteiger partial charge in [0, 0.05) is 2630 Å². The topological polar surface area (TPSA) is 0 Å². The van der Waals surface area contributed by atoms with Crippen LogP contribution in [-0.4, -0.2) is 0 Å². The summed E-state index contributed by atoms with van der Waals surface area (Å²) < 4.78 is 0. The summed E-state index contributed by atoms with van der Waals surface area (Å²) in [6.45, 7) is 0. The monoisotopic (exact) mass is 10800 g/mol. The molecule has 68 heavy (non-hydrogen) atoms. The molecule has 0 bridgehead atoms. The molecule has 0 unspecified atom stereocenters. The van der Waals surface area contributed by atoms with Crippen LogP contribution in [0.4, 0.5) is 0 Å². The second-order valence-corrected chi connectivity index (χ2v) is 0. The molecular formula is Tb68. The first-order chi connectivity index (χ1) is 0. The van der Waals surface area contributed by atoms with Crippen molar-refractivity contribution in [1.82, 2.24) is 0 Å². The van der Waals surface area contributed by atoms with E-state index in [9.17, 15) is 0 Å². The molecule has 0 aliphatic rings. The Morgan fingerprint density at radius 3 is 0.0147 bits per heavy atom. The Kier molecular flexibility index (Phi) is 3390. The van der Waals surface area contributed by atoms with Crippen molar-refractivity contribution >= 4 is 0 Å². The van der Waals surface area contributed by atoms with Crippen molar-refractivity contribution in [1.29, 1.82) is 0 Å². The second kappa shape index (κ2) is 476. The maximum absolute atomic E-state index is 0. The average molecular weight is 10800 g/mol. The predicted molar refractivity (Wildman–Crippen MR) is 0 cm³/mol. The van der Waals surface area contributed by atoms with Gasteiger partial charge in [-0.15, -0.1) is 0 Å². The molecule has 0 amide bonds. The van der Waals surface area contributed by atoms with Gasteiger partial charge in [-0.25, -0.2) is 0 Å². The van der Waals surface area contributed by atoms with Crippen LogP contribution in [-0.2, 0) is 0 Å². The van der Waals surface area contributed by atoms with Gasteiger partial charge < -0.3 is 0 Å². The molecule has 0 saturated heterocycles. The van der Waals surface area contributed by atoms with Crippen molar-refractivity contribution in [3.63, 3.8) is 0 Å². The number of rotatable bonds is 0. The van der Waals surface area contributed by atoms with Crippen LogP contribution in [0.25, 0.3) is 0 Å². The van der Waals surface area contributed by atoms with E-state index in [0.29, 0.717) is 0 Å². The van der Waals surface area contributed by atoms with Crippen molar-refractivity contribution in [2.24, 2.45) is 0 Å². The third-order valence-corrected chi connectivity index (χ3v) is 0. The quantitative estimate of drug-likeness (QED) is 0.321. The molecular weight excluding hydrogens is 10800 g/mol. The van der Waals surface area contributed by atoms with E-state index < -0.39 is 0 Å². The van der Waals surface area contributed by atoms with Crippen LogP contribution in [0.1, 0.15) is 0 Å². The Morgan fingerprint density at radius 1 is 0.0147 bits per heavy atom. The molecule has 612 valence electrons. The molecule has 0 fully saturated rings. The zero-order valence-corrected chi connectivity index (χ0v) is 168. The Bertz CT molecular complexity index is 0. The smallest absolute Gasteiger partial charge is 0 e. The molecule has 0 nitrogen and oxygen atoms in total. The number of hydrogen-bond acceptors (Lipinski definition) is 0. The zero-order chi connectivity index (χ0) is 0. The maximum atomic E-state index is 0. The Labute approximate surface area is 2510 Å². The molecule has 0 aliphatic heterocycles. The summed E-state index contributed by atoms with van der Waals surface area (Å²) >= 11 is 0. The van der Waals surface area contributed by atoms with Crippen LogP contribution in [0.2, 0.25) is 0 Å². The van der Waals surface area contributed by atoms with Crippen LogP contribution in [0.5, 0.6) is 0 Å². The van der Waals surface area contributed by atoms with Crippen molar-refractivity contribution in [3.8, 4) is 0 Å². The predicted octanol–water partition coefficient (Wildman–Crippen LogP) is 0. The normalized spacial score (nSPS) is 0. The van der Waals surface area contributed by atoms with E-state index >= 15 is 0 Å². The molecule has 0 spiro atoms. The van der Waals surface area contributed by atoms with E-state index in [2.05, 4.69) is 0 Å². The minimum absolute atomic E-state index is 0. The van der Waals surface area contributed by atoms with Gasteiger partial charge in [-0.05, 0) is 0 Å². The maximum Gasteiger partial charge on any atom is 0 e. The van der Waals surface area contributed by atoms with Crippen molar-refractivity contribution in [2.75, 3.05) is 0 Å². The molecule has 0 aromatic rings. The summed E-state index contributed by atoms with van der Waals surface area (Å²) in [5.74, 6) is 0. The Balaban J connectivity index is 0. The second-order valence-electron chi connectivity index (χ2n) is 0. The van der Waals surface area contributed by atoms with E-state index in [1.165, 1.54) is 0 Å². The SMILES string of the molecule is [Tb].[Tb].[Tb].[Tb].[Tb].[Tb].[Tb].[Tb].[Tb].[Tb].[Tb].[Tb].[Tb].[Tb].[Tb].[Tb].[Tb].[Tb].[Tb].[Tb].[Tb].[Tb].[Tb].[Tb].[Tb].[Tb].[Tb].[Tb].[Tb].[Tb].[Tb].[Tb].[Tb].[Tb].[Tb].[Tb].[Tb].[Tb].[Tb].[Tb].[Tb].[Tb].[Tb].[Tb].[Tb].[Tb].[Tb].[Tb].[Tb].[Tb].[Tb].[Tb].[Tb].[Tb].[Tb].[Tb].[Tb].[Tb].[Tb].[Tb].[Tb].[Tb].[Tb].[Tb].[Tb].[Tb].[Tb].[Tb]. The molecule has 0 aromatic heterocycles. The van der Waals surface area contributed by atoms with Gasteiger partial charge in [-0.2, -0.15) is 0 Å². The average Bonchev–Trinajstić information content (AvgIpc) is 0. The minimum atomic E-state index is 0. The van der Waals surface area contributed by atoms with Crippen molar-refractivity contribution < 1.29 is 2630 Å². The van der Waals surface area contributed by atoms with Gasteiger partial charge in [0.2, 0.25) is 0 Å². The molecule has 0 saturated carbocycles. The molecule has 0 aromatic carbocycles. The minimum Gasteiger partial charge on any atom is 0 e. The van der Waals surface area contributed by atoms with Crippen LogP contribution in [0.3, 0.4) is 0 Å². The standard InChI is InChI=1S/68Tb. The Hall–Kier alpha value is 87.4. The summed E-state index contributed by atoms with van der Waals surface area (Å²) in [5.41, 5.74) is 0. The van der Waals surface area contributed by atoms with Gasteiger partial charge in [-0.1, -0.05) is 0 Å². The van der Waals surface area contributed by atoms with Gasteiger partial charge in [0.25, 0.3) is 0 Å². The molecule has 0 atom stereocenters. The Morgan fingerprint density at radius 2 is 0.0147 bits per heavy atom. The van der Waals surface area contributed by atoms with E-state index in [-0.39, 0.29) is 2630 Å². The van der Waals surface area contributed by atoms with Crippen LogP contribution >= 0.6 is 0 Å². The fourth-order valence-electron chi connectivity index (χ4n) is 0. The zero-order valence-electron chi connectivity index (χ0n) is 22.7. The third kappa shape index (κ3) is 466. The van der Waals surface area contributed by atoms with Gasteiger partial charge >= 0.3 is 0 Å². The molecule has 68 radical (unpaired) electrons. The van der Waals surface area contributed by atoms with Gasteiger partial charge in [-0.3, -0.25) is 0 Å². The fraction of sp³-hybridized carbons (Fsp3) is 0. The first kappa shape index (κ1) is 485. The van der Waals surface area contributed by atoms with Gasteiger partial charge in [0.1, 0.15) is 0 Å². The van der Waals surface area contributed by atoms with E-state index in [0.717, 1.165) is 0 Å². The van der Waals surface area contributed by atoms with E-state index in [1.807, 2.05) is 0 Å². The molecule has 0 aliphatic carbocycles. The molecule has 0 N–H and O–H groups in total.